The number of aromatic nitrogens is 2. The van der Waals surface area contributed by atoms with Gasteiger partial charge in [-0.1, -0.05) is 0 Å². The Labute approximate surface area is 154 Å². The molecule has 0 spiro atoms. The minimum absolute atomic E-state index is 0.232. The third-order valence-electron chi connectivity index (χ3n) is 4.52. The topological polar surface area (TPSA) is 95.6 Å². The molecule has 0 aliphatic carbocycles. The number of carbonyl (C=O) groups excluding carboxylic acids is 1. The predicted molar refractivity (Wildman–Crippen MR) is 102 cm³/mol. The van der Waals surface area contributed by atoms with Crippen LogP contribution in [-0.4, -0.2) is 52.1 Å². The number of nitrogens with two attached hydrogens (primary N) is 1. The highest BCUT2D eigenvalue weighted by Crippen LogP contribution is 2.23. The number of thiazole rings is 1. The van der Waals surface area contributed by atoms with Crippen molar-refractivity contribution in [3.63, 3.8) is 0 Å². The number of nitrogens with zero attached hydrogens (tertiary/aromatic N) is 4. The minimum atomic E-state index is -0.483. The van der Waals surface area contributed by atoms with E-state index in [1.54, 1.807) is 17.5 Å². The lowest BCUT2D eigenvalue weighted by molar-refractivity contribution is 0.0996. The molecule has 1 aliphatic heterocycles. The second kappa shape index (κ2) is 6.89. The number of benzene rings is 1. The Morgan fingerprint density at radius 2 is 2.04 bits per heavy atom. The normalized spacial score (nSPS) is 15.5. The highest BCUT2D eigenvalue weighted by Gasteiger charge is 2.20. The van der Waals surface area contributed by atoms with E-state index in [1.165, 1.54) is 11.3 Å². The lowest BCUT2D eigenvalue weighted by atomic mass is 10.1. The lowest BCUT2D eigenvalue weighted by Gasteiger charge is -2.34. The molecular weight excluding hydrogens is 350 g/mol. The molecule has 3 N–H and O–H groups in total. The number of amides is 1. The van der Waals surface area contributed by atoms with Crippen LogP contribution >= 0.6 is 11.3 Å². The number of rotatable bonds is 4. The molecule has 0 saturated carbocycles. The SMILES string of the molecule is NC(=O)c1csc(N2CCN(Cc3cnc4cc(O)ccc4c3)CC2)n1. The first-order chi connectivity index (χ1) is 12.6. The van der Waals surface area contributed by atoms with Crippen molar-refractivity contribution in [2.24, 2.45) is 5.73 Å². The number of hydrogen-bond donors (Lipinski definition) is 2. The summed E-state index contributed by atoms with van der Waals surface area (Å²) < 4.78 is 0. The molecule has 3 aromatic rings. The third-order valence-corrected chi connectivity index (χ3v) is 5.42. The van der Waals surface area contributed by atoms with Crippen molar-refractivity contribution in [1.82, 2.24) is 14.9 Å². The molecule has 26 heavy (non-hydrogen) atoms. The fourth-order valence-electron chi connectivity index (χ4n) is 3.12. The molecule has 1 amide bonds. The predicted octanol–water partition coefficient (Wildman–Crippen LogP) is 1.82. The van der Waals surface area contributed by atoms with E-state index < -0.39 is 5.91 Å². The van der Waals surface area contributed by atoms with Crippen LogP contribution in [0.3, 0.4) is 0 Å². The van der Waals surface area contributed by atoms with Crippen molar-refractivity contribution in [2.45, 2.75) is 6.54 Å². The van der Waals surface area contributed by atoms with Crippen LogP contribution in [-0.2, 0) is 6.54 Å². The molecular formula is C18H19N5O2S. The summed E-state index contributed by atoms with van der Waals surface area (Å²) in [5, 5.41) is 13.1. The van der Waals surface area contributed by atoms with E-state index in [-0.39, 0.29) is 5.75 Å². The molecule has 3 heterocycles. The van der Waals surface area contributed by atoms with Gasteiger partial charge in [-0.3, -0.25) is 14.7 Å². The zero-order valence-electron chi connectivity index (χ0n) is 14.1. The van der Waals surface area contributed by atoms with Gasteiger partial charge in [-0.15, -0.1) is 11.3 Å². The van der Waals surface area contributed by atoms with Gasteiger partial charge in [0.05, 0.1) is 5.52 Å². The van der Waals surface area contributed by atoms with Gasteiger partial charge in [0, 0.05) is 55.8 Å². The molecule has 0 bridgehead atoms. The number of fused-ring (bicyclic) bond motifs is 1. The largest absolute Gasteiger partial charge is 0.508 e. The maximum absolute atomic E-state index is 11.2. The number of phenols is 1. The molecule has 0 unspecified atom stereocenters. The lowest BCUT2D eigenvalue weighted by Crippen LogP contribution is -2.46. The summed E-state index contributed by atoms with van der Waals surface area (Å²) in [5.41, 5.74) is 7.56. The summed E-state index contributed by atoms with van der Waals surface area (Å²) in [6, 6.07) is 7.36. The van der Waals surface area contributed by atoms with Crippen molar-refractivity contribution in [2.75, 3.05) is 31.1 Å². The zero-order valence-corrected chi connectivity index (χ0v) is 14.9. The maximum Gasteiger partial charge on any atom is 0.268 e. The second-order valence-corrected chi connectivity index (χ2v) is 7.20. The van der Waals surface area contributed by atoms with Gasteiger partial charge in [-0.25, -0.2) is 4.98 Å². The van der Waals surface area contributed by atoms with Crippen LogP contribution in [0.5, 0.6) is 5.75 Å². The number of carbonyl (C=O) groups is 1. The monoisotopic (exact) mass is 369 g/mol. The molecule has 1 saturated heterocycles. The molecule has 1 aromatic carbocycles. The number of pyridine rings is 1. The average Bonchev–Trinajstić information content (AvgIpc) is 3.13. The van der Waals surface area contributed by atoms with E-state index in [9.17, 15) is 9.90 Å². The van der Waals surface area contributed by atoms with Crippen LogP contribution in [0.1, 0.15) is 16.1 Å². The fourth-order valence-corrected chi connectivity index (χ4v) is 3.99. The van der Waals surface area contributed by atoms with E-state index in [0.29, 0.717) is 5.69 Å². The Bertz CT molecular complexity index is 950. The van der Waals surface area contributed by atoms with Gasteiger partial charge in [-0.2, -0.15) is 0 Å². The Morgan fingerprint density at radius 3 is 2.77 bits per heavy atom. The van der Waals surface area contributed by atoms with E-state index in [1.807, 2.05) is 12.3 Å². The number of phenolic OH excluding ortho intramolecular Hbond substituents is 1. The van der Waals surface area contributed by atoms with Crippen LogP contribution in [0, 0.1) is 0 Å². The third kappa shape index (κ3) is 3.47. The number of piperazine rings is 1. The van der Waals surface area contributed by atoms with Crippen LogP contribution in [0.4, 0.5) is 5.13 Å². The summed E-state index contributed by atoms with van der Waals surface area (Å²) in [4.78, 5) is 24.5. The summed E-state index contributed by atoms with van der Waals surface area (Å²) in [6.45, 7) is 4.39. The Morgan fingerprint density at radius 1 is 1.23 bits per heavy atom. The van der Waals surface area contributed by atoms with E-state index in [2.05, 4.69) is 25.8 Å². The van der Waals surface area contributed by atoms with Crippen LogP contribution in [0.25, 0.3) is 10.9 Å². The van der Waals surface area contributed by atoms with Gasteiger partial charge in [0.2, 0.25) is 0 Å². The van der Waals surface area contributed by atoms with Gasteiger partial charge in [-0.05, 0) is 23.8 Å². The standard InChI is InChI=1S/C18H19N5O2S/c19-17(25)16-11-26-18(21-16)23-5-3-22(4-6-23)10-12-7-13-1-2-14(24)8-15(13)20-9-12/h1-2,7-9,11,24H,3-6,10H2,(H2,19,25). The van der Waals surface area contributed by atoms with Gasteiger partial charge in [0.25, 0.3) is 5.91 Å². The second-order valence-electron chi connectivity index (χ2n) is 6.36. The summed E-state index contributed by atoms with van der Waals surface area (Å²) >= 11 is 1.46. The molecule has 0 radical (unpaired) electrons. The van der Waals surface area contributed by atoms with Crippen LogP contribution < -0.4 is 10.6 Å². The molecule has 134 valence electrons. The first-order valence-electron chi connectivity index (χ1n) is 8.39. The Balaban J connectivity index is 1.39. The highest BCUT2D eigenvalue weighted by atomic mass is 32.1. The molecule has 2 aromatic heterocycles. The molecule has 1 fully saturated rings. The average molecular weight is 369 g/mol. The minimum Gasteiger partial charge on any atom is -0.508 e. The first kappa shape index (κ1) is 16.7. The van der Waals surface area contributed by atoms with Crippen molar-refractivity contribution in [1.29, 1.82) is 0 Å². The highest BCUT2D eigenvalue weighted by molar-refractivity contribution is 7.13. The van der Waals surface area contributed by atoms with Crippen LogP contribution in [0.15, 0.2) is 35.8 Å². The van der Waals surface area contributed by atoms with E-state index >= 15 is 0 Å². The van der Waals surface area contributed by atoms with Crippen molar-refractivity contribution < 1.29 is 9.90 Å². The molecule has 4 rings (SSSR count). The van der Waals surface area contributed by atoms with E-state index in [0.717, 1.165) is 54.3 Å². The maximum atomic E-state index is 11.2. The molecule has 1 aliphatic rings. The number of aromatic hydroxyl groups is 1. The molecule has 8 heteroatoms. The number of anilines is 1. The zero-order chi connectivity index (χ0) is 18.1. The van der Waals surface area contributed by atoms with Crippen LogP contribution in [0.2, 0.25) is 0 Å². The van der Waals surface area contributed by atoms with Gasteiger partial charge in [0.15, 0.2) is 5.13 Å². The van der Waals surface area contributed by atoms with Gasteiger partial charge in [0.1, 0.15) is 11.4 Å². The number of hydrogen-bond acceptors (Lipinski definition) is 7. The smallest absolute Gasteiger partial charge is 0.268 e. The Hall–Kier alpha value is -2.71. The first-order valence-corrected chi connectivity index (χ1v) is 9.27. The number of primary amides is 1. The summed E-state index contributed by atoms with van der Waals surface area (Å²) in [6.07, 6.45) is 1.87. The van der Waals surface area contributed by atoms with Crippen molar-refractivity contribution in [3.8, 4) is 5.75 Å². The summed E-state index contributed by atoms with van der Waals surface area (Å²) in [7, 11) is 0. The Kier molecular flexibility index (Phi) is 4.44. The molecule has 0 atom stereocenters. The summed E-state index contributed by atoms with van der Waals surface area (Å²) in [5.74, 6) is -0.251. The fraction of sp³-hybridized carbons (Fsp3) is 0.278. The van der Waals surface area contributed by atoms with Gasteiger partial charge < -0.3 is 15.7 Å². The van der Waals surface area contributed by atoms with E-state index in [4.69, 9.17) is 5.73 Å². The van der Waals surface area contributed by atoms with Crippen molar-refractivity contribution in [3.05, 3.63) is 47.1 Å². The van der Waals surface area contributed by atoms with Gasteiger partial charge >= 0.3 is 0 Å². The quantitative estimate of drug-likeness (QED) is 0.728. The van der Waals surface area contributed by atoms with Crippen molar-refractivity contribution >= 4 is 33.3 Å². The molecule has 7 nitrogen and oxygen atoms in total.